The molecule has 2 N–H and O–H groups in total. The van der Waals surface area contributed by atoms with Gasteiger partial charge in [0.2, 0.25) is 5.88 Å². The lowest BCUT2D eigenvalue weighted by Gasteiger charge is -2.04. The molecule has 1 aromatic carbocycles. The molecule has 0 bridgehead atoms. The van der Waals surface area contributed by atoms with Crippen molar-refractivity contribution in [3.63, 3.8) is 0 Å². The van der Waals surface area contributed by atoms with Crippen molar-refractivity contribution in [3.05, 3.63) is 48.2 Å². The monoisotopic (exact) mass is 219 g/mol. The molecule has 5 heteroatoms. The number of aromatic nitrogens is 2. The highest BCUT2D eigenvalue weighted by atomic mass is 19.1. The first-order valence-electron chi connectivity index (χ1n) is 4.72. The number of benzene rings is 1. The quantitative estimate of drug-likeness (QED) is 0.855. The van der Waals surface area contributed by atoms with Gasteiger partial charge in [-0.3, -0.25) is 4.98 Å². The lowest BCUT2D eigenvalue weighted by atomic mass is 10.3. The smallest absolute Gasteiger partial charge is 0.238 e. The Hall–Kier alpha value is -2.01. The summed E-state index contributed by atoms with van der Waals surface area (Å²) in [5.41, 5.74) is 6.04. The van der Waals surface area contributed by atoms with Gasteiger partial charge in [0.1, 0.15) is 11.6 Å². The zero-order chi connectivity index (χ0) is 11.4. The van der Waals surface area contributed by atoms with Gasteiger partial charge in [-0.25, -0.2) is 9.37 Å². The van der Waals surface area contributed by atoms with Crippen LogP contribution in [0.5, 0.6) is 11.6 Å². The summed E-state index contributed by atoms with van der Waals surface area (Å²) in [6.45, 7) is 0.285. The average molecular weight is 219 g/mol. The third-order valence-electron chi connectivity index (χ3n) is 1.89. The van der Waals surface area contributed by atoms with Crippen molar-refractivity contribution in [3.8, 4) is 11.6 Å². The zero-order valence-corrected chi connectivity index (χ0v) is 8.43. The summed E-state index contributed by atoms with van der Waals surface area (Å²) in [5, 5.41) is 0. The maximum Gasteiger partial charge on any atom is 0.238 e. The molecule has 0 radical (unpaired) electrons. The van der Waals surface area contributed by atoms with Crippen LogP contribution >= 0.6 is 0 Å². The number of hydrogen-bond acceptors (Lipinski definition) is 4. The lowest BCUT2D eigenvalue weighted by Crippen LogP contribution is -2.01. The van der Waals surface area contributed by atoms with E-state index in [1.165, 1.54) is 18.3 Å². The summed E-state index contributed by atoms with van der Waals surface area (Å²) >= 11 is 0. The fourth-order valence-corrected chi connectivity index (χ4v) is 1.19. The maximum absolute atomic E-state index is 12.9. The van der Waals surface area contributed by atoms with Crippen molar-refractivity contribution in [2.45, 2.75) is 6.54 Å². The molecular formula is C11H10FN3O. The van der Waals surface area contributed by atoms with E-state index in [-0.39, 0.29) is 12.4 Å². The van der Waals surface area contributed by atoms with Gasteiger partial charge in [-0.1, -0.05) is 6.07 Å². The molecule has 1 heterocycles. The molecule has 0 spiro atoms. The van der Waals surface area contributed by atoms with E-state index in [2.05, 4.69) is 9.97 Å². The van der Waals surface area contributed by atoms with Crippen LogP contribution in [-0.2, 0) is 6.54 Å². The minimum atomic E-state index is -0.361. The molecule has 82 valence electrons. The van der Waals surface area contributed by atoms with Crippen LogP contribution < -0.4 is 10.5 Å². The van der Waals surface area contributed by atoms with Crippen LogP contribution in [0.2, 0.25) is 0 Å². The van der Waals surface area contributed by atoms with Crippen molar-refractivity contribution < 1.29 is 9.13 Å². The van der Waals surface area contributed by atoms with Gasteiger partial charge >= 0.3 is 0 Å². The molecule has 0 amide bonds. The normalized spacial score (nSPS) is 10.1. The van der Waals surface area contributed by atoms with E-state index < -0.39 is 0 Å². The predicted molar refractivity (Wildman–Crippen MR) is 56.4 cm³/mol. The molecule has 1 aromatic heterocycles. The Balaban J connectivity index is 2.20. The van der Waals surface area contributed by atoms with Crippen molar-refractivity contribution in [1.29, 1.82) is 0 Å². The fraction of sp³-hybridized carbons (Fsp3) is 0.0909. The highest BCUT2D eigenvalue weighted by Crippen LogP contribution is 2.19. The second kappa shape index (κ2) is 4.67. The highest BCUT2D eigenvalue weighted by molar-refractivity contribution is 5.26. The Morgan fingerprint density at radius 1 is 1.31 bits per heavy atom. The van der Waals surface area contributed by atoms with Gasteiger partial charge in [-0.2, -0.15) is 0 Å². The summed E-state index contributed by atoms with van der Waals surface area (Å²) in [7, 11) is 0. The summed E-state index contributed by atoms with van der Waals surface area (Å²) in [6.07, 6.45) is 3.00. The topological polar surface area (TPSA) is 61.0 Å². The van der Waals surface area contributed by atoms with Crippen LogP contribution in [-0.4, -0.2) is 9.97 Å². The fourth-order valence-electron chi connectivity index (χ4n) is 1.19. The lowest BCUT2D eigenvalue weighted by molar-refractivity contribution is 0.453. The minimum Gasteiger partial charge on any atom is -0.437 e. The molecular weight excluding hydrogens is 209 g/mol. The first kappa shape index (κ1) is 10.5. The number of hydrogen-bond donors (Lipinski definition) is 1. The van der Waals surface area contributed by atoms with Gasteiger partial charge in [0.25, 0.3) is 0 Å². The average Bonchev–Trinajstić information content (AvgIpc) is 2.29. The van der Waals surface area contributed by atoms with Crippen LogP contribution in [0.25, 0.3) is 0 Å². The number of rotatable bonds is 3. The summed E-state index contributed by atoms with van der Waals surface area (Å²) in [5.74, 6) is 0.317. The molecule has 0 aliphatic carbocycles. The van der Waals surface area contributed by atoms with Gasteiger partial charge < -0.3 is 10.5 Å². The van der Waals surface area contributed by atoms with Gasteiger partial charge in [-0.15, -0.1) is 0 Å². The Bertz CT molecular complexity index is 490. The first-order chi connectivity index (χ1) is 7.78. The van der Waals surface area contributed by atoms with E-state index in [4.69, 9.17) is 10.5 Å². The van der Waals surface area contributed by atoms with Crippen molar-refractivity contribution in [2.24, 2.45) is 5.73 Å². The molecule has 0 aliphatic rings. The second-order valence-corrected chi connectivity index (χ2v) is 3.11. The maximum atomic E-state index is 12.9. The molecule has 0 saturated carbocycles. The van der Waals surface area contributed by atoms with Crippen molar-refractivity contribution in [2.75, 3.05) is 0 Å². The Labute approximate surface area is 91.9 Å². The van der Waals surface area contributed by atoms with Crippen LogP contribution in [0.3, 0.4) is 0 Å². The van der Waals surface area contributed by atoms with E-state index >= 15 is 0 Å². The molecule has 16 heavy (non-hydrogen) atoms. The number of ether oxygens (including phenoxy) is 1. The van der Waals surface area contributed by atoms with E-state index in [0.29, 0.717) is 17.3 Å². The number of nitrogens with zero attached hydrogens (tertiary/aromatic N) is 2. The molecule has 0 atom stereocenters. The molecule has 0 saturated heterocycles. The standard InChI is InChI=1S/C11H10FN3O/c12-8-2-1-3-10(4-8)16-11-7-14-6-9(5-13)15-11/h1-4,6-7H,5,13H2. The second-order valence-electron chi connectivity index (χ2n) is 3.11. The molecule has 0 fully saturated rings. The molecule has 0 unspecified atom stereocenters. The highest BCUT2D eigenvalue weighted by Gasteiger charge is 2.01. The third-order valence-corrected chi connectivity index (χ3v) is 1.89. The van der Waals surface area contributed by atoms with Gasteiger partial charge in [-0.05, 0) is 12.1 Å². The SMILES string of the molecule is NCc1cncc(Oc2cccc(F)c2)n1. The van der Waals surface area contributed by atoms with Crippen molar-refractivity contribution in [1.82, 2.24) is 9.97 Å². The van der Waals surface area contributed by atoms with E-state index in [0.717, 1.165) is 0 Å². The van der Waals surface area contributed by atoms with Crippen LogP contribution in [0, 0.1) is 5.82 Å². The summed E-state index contributed by atoms with van der Waals surface area (Å²) in [4.78, 5) is 8.00. The Morgan fingerprint density at radius 2 is 2.19 bits per heavy atom. The van der Waals surface area contributed by atoms with Crippen LogP contribution in [0.15, 0.2) is 36.7 Å². The summed E-state index contributed by atoms with van der Waals surface area (Å²) in [6, 6.07) is 5.82. The first-order valence-corrected chi connectivity index (χ1v) is 4.72. The zero-order valence-electron chi connectivity index (χ0n) is 8.43. The van der Waals surface area contributed by atoms with Crippen molar-refractivity contribution >= 4 is 0 Å². The number of nitrogens with two attached hydrogens (primary N) is 1. The molecule has 2 aromatic rings. The van der Waals surface area contributed by atoms with Gasteiger partial charge in [0.05, 0.1) is 11.9 Å². The van der Waals surface area contributed by atoms with Gasteiger partial charge in [0, 0.05) is 18.8 Å². The van der Waals surface area contributed by atoms with E-state index in [1.54, 1.807) is 18.3 Å². The largest absolute Gasteiger partial charge is 0.437 e. The van der Waals surface area contributed by atoms with Crippen LogP contribution in [0.1, 0.15) is 5.69 Å². The number of halogens is 1. The molecule has 2 rings (SSSR count). The van der Waals surface area contributed by atoms with Crippen LogP contribution in [0.4, 0.5) is 4.39 Å². The Kier molecular flexibility index (Phi) is 3.07. The predicted octanol–water partition coefficient (Wildman–Crippen LogP) is 1.87. The molecule has 4 nitrogen and oxygen atoms in total. The Morgan fingerprint density at radius 3 is 2.94 bits per heavy atom. The van der Waals surface area contributed by atoms with E-state index in [9.17, 15) is 4.39 Å². The van der Waals surface area contributed by atoms with Gasteiger partial charge in [0.15, 0.2) is 0 Å². The third kappa shape index (κ3) is 2.52. The molecule has 0 aliphatic heterocycles. The van der Waals surface area contributed by atoms with E-state index in [1.807, 2.05) is 0 Å². The summed E-state index contributed by atoms with van der Waals surface area (Å²) < 4.78 is 18.2. The minimum absolute atomic E-state index is 0.285.